The minimum atomic E-state index is -0.600. The zero-order valence-corrected chi connectivity index (χ0v) is 19.2. The lowest BCUT2D eigenvalue weighted by Crippen LogP contribution is -2.38. The maximum atomic E-state index is 10.4. The molecular weight excluding hydrogens is 408 g/mol. The van der Waals surface area contributed by atoms with Gasteiger partial charge in [-0.2, -0.15) is 0 Å². The summed E-state index contributed by atoms with van der Waals surface area (Å²) in [6.45, 7) is 9.14. The molecule has 1 saturated heterocycles. The molecule has 2 aromatic rings. The fraction of sp³-hybridized carbons (Fsp3) is 0.520. The van der Waals surface area contributed by atoms with Gasteiger partial charge in [-0.3, -0.25) is 9.80 Å². The van der Waals surface area contributed by atoms with Gasteiger partial charge in [0.15, 0.2) is 11.5 Å². The lowest BCUT2D eigenvalue weighted by atomic mass is 10.2. The predicted octanol–water partition coefficient (Wildman–Crippen LogP) is 2.67. The highest BCUT2D eigenvalue weighted by Crippen LogP contribution is 2.26. The standard InChI is InChI=1S/C25H36N2O5/c1-3-30-24-6-4-5-7-25(24)32-20-22(28)19-26(2)18-21-8-10-23(11-9-21)31-17-14-27-12-15-29-16-13-27/h4-11,22,28H,3,12-20H2,1-2H3/t22-/m0/s1. The van der Waals surface area contributed by atoms with Crippen LogP contribution in [0.15, 0.2) is 48.5 Å². The van der Waals surface area contributed by atoms with Gasteiger partial charge in [-0.15, -0.1) is 0 Å². The summed E-state index contributed by atoms with van der Waals surface area (Å²) in [7, 11) is 1.99. The molecule has 1 heterocycles. The van der Waals surface area contributed by atoms with E-state index in [2.05, 4.69) is 21.9 Å². The van der Waals surface area contributed by atoms with Gasteiger partial charge in [0, 0.05) is 32.7 Å². The average Bonchev–Trinajstić information content (AvgIpc) is 2.80. The van der Waals surface area contributed by atoms with Crippen LogP contribution in [0, 0.1) is 0 Å². The van der Waals surface area contributed by atoms with E-state index in [1.807, 2.05) is 50.4 Å². The van der Waals surface area contributed by atoms with Crippen molar-refractivity contribution in [2.45, 2.75) is 19.6 Å². The Labute approximate surface area is 191 Å². The average molecular weight is 445 g/mol. The maximum Gasteiger partial charge on any atom is 0.161 e. The van der Waals surface area contributed by atoms with Gasteiger partial charge in [0.2, 0.25) is 0 Å². The summed E-state index contributed by atoms with van der Waals surface area (Å²) in [5.41, 5.74) is 1.17. The molecule has 0 saturated carbocycles. The van der Waals surface area contributed by atoms with Gasteiger partial charge in [-0.1, -0.05) is 24.3 Å². The van der Waals surface area contributed by atoms with Crippen molar-refractivity contribution < 1.29 is 24.1 Å². The predicted molar refractivity (Wildman–Crippen MR) is 125 cm³/mol. The van der Waals surface area contributed by atoms with E-state index in [1.54, 1.807) is 0 Å². The van der Waals surface area contributed by atoms with Crippen LogP contribution in [0.1, 0.15) is 12.5 Å². The zero-order chi connectivity index (χ0) is 22.6. The lowest BCUT2D eigenvalue weighted by Gasteiger charge is -2.26. The van der Waals surface area contributed by atoms with E-state index in [4.69, 9.17) is 18.9 Å². The monoisotopic (exact) mass is 444 g/mol. The van der Waals surface area contributed by atoms with Crippen LogP contribution >= 0.6 is 0 Å². The second-order valence-electron chi connectivity index (χ2n) is 7.99. The van der Waals surface area contributed by atoms with E-state index in [1.165, 1.54) is 5.56 Å². The third-order valence-electron chi connectivity index (χ3n) is 5.26. The minimum Gasteiger partial charge on any atom is -0.492 e. The van der Waals surface area contributed by atoms with Crippen LogP contribution in [0.25, 0.3) is 0 Å². The Morgan fingerprint density at radius 2 is 1.69 bits per heavy atom. The van der Waals surface area contributed by atoms with Crippen LogP contribution < -0.4 is 14.2 Å². The van der Waals surface area contributed by atoms with Crippen LogP contribution in [-0.4, -0.2) is 87.3 Å². The van der Waals surface area contributed by atoms with Crippen molar-refractivity contribution in [3.8, 4) is 17.2 Å². The second-order valence-corrected chi connectivity index (χ2v) is 7.99. The molecule has 1 N–H and O–H groups in total. The highest BCUT2D eigenvalue weighted by molar-refractivity contribution is 5.39. The zero-order valence-electron chi connectivity index (χ0n) is 19.2. The number of ether oxygens (including phenoxy) is 4. The summed E-state index contributed by atoms with van der Waals surface area (Å²) in [6, 6.07) is 15.7. The molecule has 1 aliphatic heterocycles. The van der Waals surface area contributed by atoms with Gasteiger partial charge in [0.1, 0.15) is 25.1 Å². The van der Waals surface area contributed by atoms with Crippen LogP contribution in [0.2, 0.25) is 0 Å². The Hall–Kier alpha value is -2.32. The molecule has 0 unspecified atom stereocenters. The van der Waals surface area contributed by atoms with E-state index in [9.17, 15) is 5.11 Å². The van der Waals surface area contributed by atoms with E-state index in [0.29, 0.717) is 31.3 Å². The van der Waals surface area contributed by atoms with E-state index < -0.39 is 6.10 Å². The fourth-order valence-electron chi connectivity index (χ4n) is 3.63. The first-order valence-corrected chi connectivity index (χ1v) is 11.4. The normalized spacial score (nSPS) is 15.5. The van der Waals surface area contributed by atoms with Crippen LogP contribution in [0.4, 0.5) is 0 Å². The molecule has 32 heavy (non-hydrogen) atoms. The molecule has 2 aromatic carbocycles. The molecule has 7 heteroatoms. The number of hydrogen-bond acceptors (Lipinski definition) is 7. The number of benzene rings is 2. The fourth-order valence-corrected chi connectivity index (χ4v) is 3.63. The number of aliphatic hydroxyl groups excluding tert-OH is 1. The van der Waals surface area contributed by atoms with Crippen molar-refractivity contribution in [1.29, 1.82) is 0 Å². The number of nitrogens with zero attached hydrogens (tertiary/aromatic N) is 2. The van der Waals surface area contributed by atoms with Gasteiger partial charge < -0.3 is 24.1 Å². The smallest absolute Gasteiger partial charge is 0.161 e. The van der Waals surface area contributed by atoms with Crippen molar-refractivity contribution in [1.82, 2.24) is 9.80 Å². The summed E-state index contributed by atoms with van der Waals surface area (Å²) >= 11 is 0. The highest BCUT2D eigenvalue weighted by Gasteiger charge is 2.12. The summed E-state index contributed by atoms with van der Waals surface area (Å²) < 4.78 is 22.6. The van der Waals surface area contributed by atoms with Crippen LogP contribution in [0.3, 0.4) is 0 Å². The summed E-state index contributed by atoms with van der Waals surface area (Å²) in [5, 5.41) is 10.4. The third kappa shape index (κ3) is 8.31. The first-order chi connectivity index (χ1) is 15.6. The number of hydrogen-bond donors (Lipinski definition) is 1. The van der Waals surface area contributed by atoms with Gasteiger partial charge in [0.25, 0.3) is 0 Å². The molecular formula is C25H36N2O5. The van der Waals surface area contributed by atoms with E-state index in [-0.39, 0.29) is 6.61 Å². The summed E-state index contributed by atoms with van der Waals surface area (Å²) in [6.07, 6.45) is -0.600. The van der Waals surface area contributed by atoms with Gasteiger partial charge in [0.05, 0.1) is 19.8 Å². The van der Waals surface area contributed by atoms with Crippen molar-refractivity contribution in [2.75, 3.05) is 66.3 Å². The molecule has 3 rings (SSSR count). The number of aliphatic hydroxyl groups is 1. The molecule has 0 spiro atoms. The largest absolute Gasteiger partial charge is 0.492 e. The number of likely N-dealkylation sites (N-methyl/N-ethyl adjacent to an activating group) is 1. The Bertz CT molecular complexity index is 780. The van der Waals surface area contributed by atoms with Crippen molar-refractivity contribution in [3.63, 3.8) is 0 Å². The molecule has 0 bridgehead atoms. The van der Waals surface area contributed by atoms with Gasteiger partial charge >= 0.3 is 0 Å². The molecule has 0 radical (unpaired) electrons. The third-order valence-corrected chi connectivity index (χ3v) is 5.26. The van der Waals surface area contributed by atoms with Crippen LogP contribution in [0.5, 0.6) is 17.2 Å². The minimum absolute atomic E-state index is 0.213. The lowest BCUT2D eigenvalue weighted by molar-refractivity contribution is 0.0322. The van der Waals surface area contributed by atoms with E-state index >= 15 is 0 Å². The van der Waals surface area contributed by atoms with Crippen molar-refractivity contribution in [2.24, 2.45) is 0 Å². The van der Waals surface area contributed by atoms with E-state index in [0.717, 1.165) is 45.1 Å². The number of morpholine rings is 1. The molecule has 1 aliphatic rings. The van der Waals surface area contributed by atoms with Crippen LogP contribution in [-0.2, 0) is 11.3 Å². The van der Waals surface area contributed by atoms with Crippen molar-refractivity contribution in [3.05, 3.63) is 54.1 Å². The maximum absolute atomic E-state index is 10.4. The molecule has 176 valence electrons. The Morgan fingerprint density at radius 1 is 1.00 bits per heavy atom. The Kier molecular flexibility index (Phi) is 10.1. The number of rotatable bonds is 13. The number of para-hydroxylation sites is 2. The molecule has 0 amide bonds. The Balaban J connectivity index is 1.36. The first kappa shape index (κ1) is 24.3. The molecule has 1 fully saturated rings. The first-order valence-electron chi connectivity index (χ1n) is 11.4. The quantitative estimate of drug-likeness (QED) is 0.510. The SMILES string of the molecule is CCOc1ccccc1OC[C@@H](O)CN(C)Cc1ccc(OCCN2CCOCC2)cc1. The van der Waals surface area contributed by atoms with Gasteiger partial charge in [-0.25, -0.2) is 0 Å². The molecule has 0 aliphatic carbocycles. The molecule has 0 aromatic heterocycles. The van der Waals surface area contributed by atoms with Gasteiger partial charge in [-0.05, 0) is 43.8 Å². The second kappa shape index (κ2) is 13.3. The Morgan fingerprint density at radius 3 is 2.38 bits per heavy atom. The molecule has 1 atom stereocenters. The highest BCUT2D eigenvalue weighted by atomic mass is 16.5. The summed E-state index contributed by atoms with van der Waals surface area (Å²) in [4.78, 5) is 4.44. The topological polar surface area (TPSA) is 63.6 Å². The van der Waals surface area contributed by atoms with Crippen molar-refractivity contribution >= 4 is 0 Å². The summed E-state index contributed by atoms with van der Waals surface area (Å²) in [5.74, 6) is 2.23. The molecule has 7 nitrogen and oxygen atoms in total.